The van der Waals surface area contributed by atoms with Gasteiger partial charge in [-0.25, -0.2) is 0 Å². The van der Waals surface area contributed by atoms with Gasteiger partial charge in [-0.3, -0.25) is 10.2 Å². The van der Waals surface area contributed by atoms with E-state index in [-0.39, 0.29) is 0 Å². The minimum Gasteiger partial charge on any atom is -0.278 e. The van der Waals surface area contributed by atoms with E-state index in [1.165, 1.54) is 5.39 Å². The lowest BCUT2D eigenvalue weighted by Crippen LogP contribution is -1.68. The van der Waals surface area contributed by atoms with E-state index in [1.807, 2.05) is 42.6 Å². The molecular formula is C14H9Br2IN4. The third-order valence-electron chi connectivity index (χ3n) is 2.87. The van der Waals surface area contributed by atoms with E-state index in [9.17, 15) is 0 Å². The lowest BCUT2D eigenvalue weighted by Gasteiger charge is -1.88. The van der Waals surface area contributed by atoms with E-state index in [0.717, 1.165) is 29.1 Å². The molecule has 0 unspecified atom stereocenters. The number of rotatable bonds is 0. The van der Waals surface area contributed by atoms with Gasteiger partial charge in [0, 0.05) is 19.7 Å². The summed E-state index contributed by atoms with van der Waals surface area (Å²) in [7, 11) is 0. The Labute approximate surface area is 151 Å². The van der Waals surface area contributed by atoms with Gasteiger partial charge in [-0.05, 0) is 52.9 Å². The normalized spacial score (nSPS) is 10.6. The Morgan fingerprint density at radius 3 is 2.57 bits per heavy atom. The number of benzene rings is 2. The first-order valence-electron chi connectivity index (χ1n) is 6.01. The number of aromatic nitrogens is 4. The van der Waals surface area contributed by atoms with Gasteiger partial charge in [0.2, 0.25) is 0 Å². The van der Waals surface area contributed by atoms with E-state index in [1.54, 1.807) is 0 Å². The highest BCUT2D eigenvalue weighted by atomic mass is 127. The molecule has 7 heteroatoms. The molecule has 2 heterocycles. The number of aromatic amines is 2. The minimum absolute atomic E-state index is 1.00. The van der Waals surface area contributed by atoms with Gasteiger partial charge in [-0.1, -0.05) is 37.9 Å². The van der Waals surface area contributed by atoms with Gasteiger partial charge >= 0.3 is 0 Å². The molecule has 0 spiro atoms. The summed E-state index contributed by atoms with van der Waals surface area (Å²) in [6, 6.07) is 12.1. The van der Waals surface area contributed by atoms with Crippen molar-refractivity contribution in [2.24, 2.45) is 0 Å². The number of nitrogens with zero attached hydrogens (tertiary/aromatic N) is 2. The molecule has 0 aliphatic heterocycles. The number of halogens is 3. The summed E-state index contributed by atoms with van der Waals surface area (Å²) in [4.78, 5) is 0. The fourth-order valence-corrected chi connectivity index (χ4v) is 3.15. The predicted molar refractivity (Wildman–Crippen MR) is 100 cm³/mol. The predicted octanol–water partition coefficient (Wildman–Crippen LogP) is 5.26. The first-order chi connectivity index (χ1) is 10.1. The van der Waals surface area contributed by atoms with E-state index in [2.05, 4.69) is 74.8 Å². The smallest absolute Gasteiger partial charge is 0.104 e. The molecule has 2 aromatic heterocycles. The molecule has 0 bridgehead atoms. The molecule has 4 rings (SSSR count). The van der Waals surface area contributed by atoms with Gasteiger partial charge in [0.25, 0.3) is 0 Å². The van der Waals surface area contributed by atoms with Crippen LogP contribution >= 0.6 is 54.5 Å². The molecule has 0 amide bonds. The molecule has 0 saturated carbocycles. The zero-order valence-electron chi connectivity index (χ0n) is 10.6. The molecule has 0 aliphatic rings. The van der Waals surface area contributed by atoms with Crippen LogP contribution in [0.15, 0.2) is 51.5 Å². The second kappa shape index (κ2) is 6.45. The van der Waals surface area contributed by atoms with Gasteiger partial charge in [-0.15, -0.1) is 0 Å². The van der Waals surface area contributed by atoms with Crippen molar-refractivity contribution >= 4 is 76.3 Å². The van der Waals surface area contributed by atoms with E-state index in [0.29, 0.717) is 0 Å². The summed E-state index contributed by atoms with van der Waals surface area (Å²) in [5.41, 5.74) is 2.07. The molecule has 106 valence electrons. The highest BCUT2D eigenvalue weighted by Crippen LogP contribution is 2.21. The number of hydrogen-bond donors (Lipinski definition) is 2. The highest BCUT2D eigenvalue weighted by molar-refractivity contribution is 14.1. The molecule has 2 N–H and O–H groups in total. The van der Waals surface area contributed by atoms with E-state index < -0.39 is 0 Å². The first kappa shape index (κ1) is 15.0. The summed E-state index contributed by atoms with van der Waals surface area (Å²) in [6.45, 7) is 0. The summed E-state index contributed by atoms with van der Waals surface area (Å²) in [6.07, 6.45) is 1.81. The second-order valence-corrected chi connectivity index (χ2v) is 7.21. The van der Waals surface area contributed by atoms with Crippen LogP contribution in [0.25, 0.3) is 21.8 Å². The second-order valence-electron chi connectivity index (χ2n) is 4.30. The van der Waals surface area contributed by atoms with Crippen LogP contribution in [0.1, 0.15) is 0 Å². The molecule has 0 radical (unpaired) electrons. The fourth-order valence-electron chi connectivity index (χ4n) is 1.86. The van der Waals surface area contributed by atoms with Crippen molar-refractivity contribution in [3.05, 3.63) is 55.2 Å². The van der Waals surface area contributed by atoms with Gasteiger partial charge in [0.1, 0.15) is 3.70 Å². The number of H-pyrrole nitrogens is 2. The molecule has 4 nitrogen and oxygen atoms in total. The van der Waals surface area contributed by atoms with Crippen molar-refractivity contribution in [2.75, 3.05) is 0 Å². The average Bonchev–Trinajstić information content (AvgIpc) is 3.06. The van der Waals surface area contributed by atoms with Crippen LogP contribution in [0.3, 0.4) is 0 Å². The van der Waals surface area contributed by atoms with Gasteiger partial charge < -0.3 is 0 Å². The number of fused-ring (bicyclic) bond motifs is 2. The Kier molecular flexibility index (Phi) is 4.60. The molecule has 0 fully saturated rings. The Bertz CT molecular complexity index is 900. The quantitative estimate of drug-likeness (QED) is 0.312. The lowest BCUT2D eigenvalue weighted by molar-refractivity contribution is 1.09. The summed E-state index contributed by atoms with van der Waals surface area (Å²) < 4.78 is 3.22. The molecule has 0 atom stereocenters. The molecule has 0 aliphatic carbocycles. The molecule has 2 aromatic carbocycles. The third-order valence-corrected chi connectivity index (χ3v) is 4.68. The van der Waals surface area contributed by atoms with Crippen molar-refractivity contribution in [1.29, 1.82) is 0 Å². The van der Waals surface area contributed by atoms with Crippen molar-refractivity contribution in [2.45, 2.75) is 0 Å². The van der Waals surface area contributed by atoms with E-state index in [4.69, 9.17) is 0 Å². The summed E-state index contributed by atoms with van der Waals surface area (Å²) in [5, 5.41) is 16.1. The Hall–Kier alpha value is -0.930. The van der Waals surface area contributed by atoms with Crippen LogP contribution in [0.2, 0.25) is 0 Å². The maximum atomic E-state index is 4.12. The van der Waals surface area contributed by atoms with Crippen LogP contribution in [-0.4, -0.2) is 20.4 Å². The minimum atomic E-state index is 1.00. The van der Waals surface area contributed by atoms with Gasteiger partial charge in [0.15, 0.2) is 0 Å². The summed E-state index contributed by atoms with van der Waals surface area (Å²) in [5.74, 6) is 0. The SMILES string of the molecule is Brc1ccc2c(I)[nH]nc2c1.Brc1ccc2cn[nH]c2c1. The van der Waals surface area contributed by atoms with Crippen LogP contribution in [0, 0.1) is 3.70 Å². The van der Waals surface area contributed by atoms with Crippen molar-refractivity contribution in [1.82, 2.24) is 20.4 Å². The molecular weight excluding hydrogens is 511 g/mol. The first-order valence-corrected chi connectivity index (χ1v) is 8.68. The largest absolute Gasteiger partial charge is 0.278 e. The van der Waals surface area contributed by atoms with Crippen LogP contribution in [-0.2, 0) is 0 Å². The Morgan fingerprint density at radius 1 is 0.952 bits per heavy atom. The molecule has 0 saturated heterocycles. The van der Waals surface area contributed by atoms with Crippen molar-refractivity contribution in [3.63, 3.8) is 0 Å². The number of hydrogen-bond acceptors (Lipinski definition) is 2. The maximum absolute atomic E-state index is 4.12. The lowest BCUT2D eigenvalue weighted by atomic mass is 10.3. The Balaban J connectivity index is 0.000000126. The Morgan fingerprint density at radius 2 is 1.71 bits per heavy atom. The fraction of sp³-hybridized carbons (Fsp3) is 0. The topological polar surface area (TPSA) is 57.4 Å². The summed E-state index contributed by atoms with van der Waals surface area (Å²) >= 11 is 8.99. The van der Waals surface area contributed by atoms with Gasteiger partial charge in [0.05, 0.1) is 17.2 Å². The standard InChI is InChI=1S/C7H4BrIN2.C7H5BrN2/c8-4-1-2-5-6(3-4)10-11-7(5)9;8-6-2-1-5-4-9-10-7(5)3-6/h1-3H,(H,10,11);1-4H,(H,9,10). The van der Waals surface area contributed by atoms with Crippen LogP contribution in [0.4, 0.5) is 0 Å². The van der Waals surface area contributed by atoms with Crippen LogP contribution < -0.4 is 0 Å². The third kappa shape index (κ3) is 3.46. The molecule has 21 heavy (non-hydrogen) atoms. The zero-order chi connectivity index (χ0) is 14.8. The molecule has 4 aromatic rings. The average molecular weight is 520 g/mol. The number of nitrogens with one attached hydrogen (secondary N) is 2. The van der Waals surface area contributed by atoms with Crippen molar-refractivity contribution in [3.8, 4) is 0 Å². The zero-order valence-corrected chi connectivity index (χ0v) is 15.9. The van der Waals surface area contributed by atoms with Crippen LogP contribution in [0.5, 0.6) is 0 Å². The van der Waals surface area contributed by atoms with Crippen molar-refractivity contribution < 1.29 is 0 Å². The van der Waals surface area contributed by atoms with E-state index >= 15 is 0 Å². The van der Waals surface area contributed by atoms with Gasteiger partial charge in [-0.2, -0.15) is 10.2 Å². The maximum Gasteiger partial charge on any atom is 0.104 e. The monoisotopic (exact) mass is 518 g/mol. The highest BCUT2D eigenvalue weighted by Gasteiger charge is 2.00.